The maximum Gasteiger partial charge on any atom is 0.265 e. The van der Waals surface area contributed by atoms with Crippen molar-refractivity contribution in [1.82, 2.24) is 5.32 Å². The maximum atomic E-state index is 13.3. The summed E-state index contributed by atoms with van der Waals surface area (Å²) in [7, 11) is -3.11. The van der Waals surface area contributed by atoms with Crippen LogP contribution >= 0.6 is 11.3 Å². The van der Waals surface area contributed by atoms with E-state index in [0.29, 0.717) is 28.7 Å². The van der Waals surface area contributed by atoms with Gasteiger partial charge in [-0.1, -0.05) is 39.8 Å². The fraction of sp³-hybridized carbons (Fsp3) is 0.556. The van der Waals surface area contributed by atoms with Crippen molar-refractivity contribution < 1.29 is 22.7 Å². The molecule has 2 heterocycles. The van der Waals surface area contributed by atoms with E-state index < -0.39 is 22.0 Å². The van der Waals surface area contributed by atoms with Gasteiger partial charge in [-0.25, -0.2) is 8.42 Å². The molecule has 0 spiro atoms. The topological polar surface area (TPSA) is 102 Å². The first-order chi connectivity index (χ1) is 16.8. The fourth-order valence-corrected chi connectivity index (χ4v) is 7.83. The molecule has 1 aliphatic carbocycles. The summed E-state index contributed by atoms with van der Waals surface area (Å²) in [4.78, 5) is 27.5. The number of carbonyl (C=O) groups is 2. The quantitative estimate of drug-likeness (QED) is 0.571. The predicted octanol–water partition coefficient (Wildman–Crippen LogP) is 4.49. The summed E-state index contributed by atoms with van der Waals surface area (Å²) in [5, 5.41) is 6.35. The number of nitrogens with one attached hydrogen (secondary N) is 2. The number of hydrogen-bond acceptors (Lipinski definition) is 6. The van der Waals surface area contributed by atoms with Crippen LogP contribution in [0, 0.1) is 5.92 Å². The van der Waals surface area contributed by atoms with Crippen LogP contribution in [-0.4, -0.2) is 43.9 Å². The monoisotopic (exact) mass is 532 g/mol. The molecule has 196 valence electrons. The Morgan fingerprint density at radius 3 is 2.44 bits per heavy atom. The average Bonchev–Trinajstić information content (AvgIpc) is 3.31. The number of benzene rings is 1. The summed E-state index contributed by atoms with van der Waals surface area (Å²) in [5.41, 5.74) is 2.65. The molecule has 0 radical (unpaired) electrons. The number of fused-ring (bicyclic) bond motifs is 1. The largest absolute Gasteiger partial charge is 0.481 e. The van der Waals surface area contributed by atoms with Crippen molar-refractivity contribution in [2.45, 2.75) is 77.9 Å². The number of hydrogen-bond donors (Lipinski definition) is 2. The summed E-state index contributed by atoms with van der Waals surface area (Å²) in [6.45, 7) is 10.3. The summed E-state index contributed by atoms with van der Waals surface area (Å²) < 4.78 is 29.6. The molecule has 7 nitrogen and oxygen atoms in total. The van der Waals surface area contributed by atoms with E-state index in [1.165, 1.54) is 16.9 Å². The van der Waals surface area contributed by atoms with Crippen LogP contribution in [0.4, 0.5) is 5.00 Å². The predicted molar refractivity (Wildman–Crippen MR) is 144 cm³/mol. The van der Waals surface area contributed by atoms with Crippen LogP contribution in [0.5, 0.6) is 5.75 Å². The minimum absolute atomic E-state index is 0.0248. The van der Waals surface area contributed by atoms with Crippen molar-refractivity contribution in [2.24, 2.45) is 5.92 Å². The second kappa shape index (κ2) is 10.2. The Balaban J connectivity index is 1.50. The molecule has 1 aromatic heterocycles. The highest BCUT2D eigenvalue weighted by Crippen LogP contribution is 2.40. The Morgan fingerprint density at radius 2 is 1.83 bits per heavy atom. The van der Waals surface area contributed by atoms with Gasteiger partial charge in [-0.05, 0) is 67.2 Å². The van der Waals surface area contributed by atoms with Gasteiger partial charge >= 0.3 is 0 Å². The van der Waals surface area contributed by atoms with Crippen LogP contribution in [0.2, 0.25) is 0 Å². The van der Waals surface area contributed by atoms with Gasteiger partial charge in [0.15, 0.2) is 15.9 Å². The first kappa shape index (κ1) is 26.7. The maximum absolute atomic E-state index is 13.3. The first-order valence-electron chi connectivity index (χ1n) is 12.6. The number of ether oxygens (including phenoxy) is 1. The average molecular weight is 533 g/mol. The molecule has 2 aromatic rings. The van der Waals surface area contributed by atoms with E-state index in [1.807, 2.05) is 24.3 Å². The molecule has 4 rings (SSSR count). The van der Waals surface area contributed by atoms with Crippen LogP contribution in [0.25, 0.3) is 0 Å². The van der Waals surface area contributed by atoms with E-state index >= 15 is 0 Å². The van der Waals surface area contributed by atoms with E-state index in [4.69, 9.17) is 4.74 Å². The first-order valence-corrected chi connectivity index (χ1v) is 15.2. The molecule has 2 amide bonds. The molecule has 1 saturated heterocycles. The molecular weight excluding hydrogens is 496 g/mol. The van der Waals surface area contributed by atoms with Gasteiger partial charge in [-0.2, -0.15) is 0 Å². The van der Waals surface area contributed by atoms with Gasteiger partial charge in [0.05, 0.1) is 17.1 Å². The third-order valence-corrected chi connectivity index (χ3v) is 9.88. The molecule has 0 saturated carbocycles. The summed E-state index contributed by atoms with van der Waals surface area (Å²) >= 11 is 1.44. The van der Waals surface area contributed by atoms with Crippen LogP contribution in [0.15, 0.2) is 24.3 Å². The van der Waals surface area contributed by atoms with Gasteiger partial charge < -0.3 is 15.4 Å². The van der Waals surface area contributed by atoms with Crippen LogP contribution in [0.3, 0.4) is 0 Å². The number of carbonyl (C=O) groups excluding carboxylic acids is 2. The van der Waals surface area contributed by atoms with Crippen LogP contribution in [0.1, 0.15) is 73.8 Å². The summed E-state index contributed by atoms with van der Waals surface area (Å²) in [6, 6.07) is 7.33. The van der Waals surface area contributed by atoms with Crippen molar-refractivity contribution >= 4 is 38.0 Å². The summed E-state index contributed by atoms with van der Waals surface area (Å²) in [5.74, 6) is 0.513. The number of amides is 2. The second-order valence-electron chi connectivity index (χ2n) is 11.2. The third kappa shape index (κ3) is 6.11. The minimum atomic E-state index is -3.11. The molecular formula is C27H36N2O5S2. The number of thiophene rings is 1. The van der Waals surface area contributed by atoms with Gasteiger partial charge in [0.1, 0.15) is 10.8 Å². The van der Waals surface area contributed by atoms with Gasteiger partial charge in [0, 0.05) is 10.9 Å². The molecule has 2 N–H and O–H groups in total. The molecule has 36 heavy (non-hydrogen) atoms. The molecule has 2 aliphatic rings. The lowest BCUT2D eigenvalue weighted by molar-refractivity contribution is -0.122. The van der Waals surface area contributed by atoms with Gasteiger partial charge in [-0.3, -0.25) is 9.59 Å². The number of anilines is 1. The van der Waals surface area contributed by atoms with E-state index in [0.717, 1.165) is 29.7 Å². The molecule has 1 aromatic carbocycles. The normalized spacial score (nSPS) is 21.9. The van der Waals surface area contributed by atoms with Gasteiger partial charge in [0.2, 0.25) is 0 Å². The molecule has 3 atom stereocenters. The fourth-order valence-electron chi connectivity index (χ4n) is 4.75. The highest BCUT2D eigenvalue weighted by molar-refractivity contribution is 7.91. The Hall–Kier alpha value is -2.39. The van der Waals surface area contributed by atoms with Crippen molar-refractivity contribution in [3.63, 3.8) is 0 Å². The van der Waals surface area contributed by atoms with Crippen LogP contribution in [-0.2, 0) is 32.9 Å². The lowest BCUT2D eigenvalue weighted by Crippen LogP contribution is -2.37. The second-order valence-corrected chi connectivity index (χ2v) is 14.5. The van der Waals surface area contributed by atoms with Crippen molar-refractivity contribution in [3.05, 3.63) is 45.8 Å². The number of rotatable bonds is 6. The molecule has 1 aliphatic heterocycles. The molecule has 0 bridgehead atoms. The Kier molecular flexibility index (Phi) is 7.53. The zero-order chi connectivity index (χ0) is 26.3. The van der Waals surface area contributed by atoms with Gasteiger partial charge in [0.25, 0.3) is 11.8 Å². The van der Waals surface area contributed by atoms with Crippen LogP contribution < -0.4 is 15.4 Å². The Morgan fingerprint density at radius 1 is 1.14 bits per heavy atom. The minimum Gasteiger partial charge on any atom is -0.481 e. The number of sulfone groups is 1. The Labute approximate surface area is 217 Å². The third-order valence-electron chi connectivity index (χ3n) is 6.95. The zero-order valence-electron chi connectivity index (χ0n) is 21.6. The molecule has 3 unspecified atom stereocenters. The van der Waals surface area contributed by atoms with E-state index in [2.05, 4.69) is 38.3 Å². The lowest BCUT2D eigenvalue weighted by Gasteiger charge is -2.20. The lowest BCUT2D eigenvalue weighted by atomic mass is 9.87. The van der Waals surface area contributed by atoms with E-state index in [-0.39, 0.29) is 28.7 Å². The van der Waals surface area contributed by atoms with Crippen molar-refractivity contribution in [1.29, 1.82) is 0 Å². The summed E-state index contributed by atoms with van der Waals surface area (Å²) in [6.07, 6.45) is 2.25. The van der Waals surface area contributed by atoms with Crippen molar-refractivity contribution in [3.8, 4) is 5.75 Å². The molecule has 9 heteroatoms. The highest BCUT2D eigenvalue weighted by atomic mass is 32.2. The highest BCUT2D eigenvalue weighted by Gasteiger charge is 2.33. The van der Waals surface area contributed by atoms with Gasteiger partial charge in [-0.15, -0.1) is 11.3 Å². The zero-order valence-corrected chi connectivity index (χ0v) is 23.3. The SMILES string of the molecule is CC1CCc2c(sc(NC(=O)C(C)Oc3ccc(C(C)(C)C)cc3)c2C(=O)NC2CCS(=O)(=O)C2)C1. The Bertz CT molecular complexity index is 1240. The standard InChI is InChI=1S/C27H36N2O5S2/c1-16-6-11-21-22(14-16)35-26(23(21)25(31)28-19-12-13-36(32,33)15-19)29-24(30)17(2)34-20-9-7-18(8-10-20)27(3,4)5/h7-10,16-17,19H,6,11-15H2,1-5H3,(H,28,31)(H,29,30). The smallest absolute Gasteiger partial charge is 0.265 e. The van der Waals surface area contributed by atoms with E-state index in [1.54, 1.807) is 6.92 Å². The van der Waals surface area contributed by atoms with Crippen molar-refractivity contribution in [2.75, 3.05) is 16.8 Å². The van der Waals surface area contributed by atoms with E-state index in [9.17, 15) is 18.0 Å². The molecule has 1 fully saturated rings.